The molecule has 1 amide bonds. The van der Waals surface area contributed by atoms with Crippen molar-refractivity contribution in [3.63, 3.8) is 0 Å². The number of carbonyl (C=O) groups excluding carboxylic acids is 1. The Hall–Kier alpha value is -2.53. The van der Waals surface area contributed by atoms with E-state index in [0.717, 1.165) is 5.69 Å². The van der Waals surface area contributed by atoms with Gasteiger partial charge in [0, 0.05) is 7.05 Å². The molecule has 0 fully saturated rings. The van der Waals surface area contributed by atoms with E-state index >= 15 is 0 Å². The highest BCUT2D eigenvalue weighted by atomic mass is 35.5. The second-order valence-electron chi connectivity index (χ2n) is 5.24. The summed E-state index contributed by atoms with van der Waals surface area (Å²) in [6.45, 7) is 2.15. The Morgan fingerprint density at radius 1 is 1.26 bits per heavy atom. The predicted octanol–water partition coefficient (Wildman–Crippen LogP) is 3.70. The molecule has 118 valence electrons. The summed E-state index contributed by atoms with van der Waals surface area (Å²) >= 11 is 6.41. The van der Waals surface area contributed by atoms with Crippen LogP contribution in [0.1, 0.15) is 21.8 Å². The molecule has 0 N–H and O–H groups in total. The van der Waals surface area contributed by atoms with Gasteiger partial charge < -0.3 is 9.32 Å². The highest BCUT2D eigenvalue weighted by Gasteiger charge is 2.24. The smallest absolute Gasteiger partial charge is 0.259 e. The summed E-state index contributed by atoms with van der Waals surface area (Å²) in [5.74, 6) is 0.524. The van der Waals surface area contributed by atoms with E-state index in [1.165, 1.54) is 0 Å². The summed E-state index contributed by atoms with van der Waals surface area (Å²) in [5.41, 5.74) is 1.81. The van der Waals surface area contributed by atoms with Gasteiger partial charge in [-0.3, -0.25) is 4.79 Å². The van der Waals surface area contributed by atoms with E-state index in [2.05, 4.69) is 5.10 Å². The minimum atomic E-state index is -0.189. The molecule has 0 aliphatic rings. The van der Waals surface area contributed by atoms with E-state index in [9.17, 15) is 4.79 Å². The lowest BCUT2D eigenvalue weighted by molar-refractivity contribution is 0.0775. The molecule has 0 saturated carbocycles. The lowest BCUT2D eigenvalue weighted by atomic mass is 10.2. The van der Waals surface area contributed by atoms with Crippen molar-refractivity contribution in [1.29, 1.82) is 0 Å². The first-order valence-corrected chi connectivity index (χ1v) is 7.54. The van der Waals surface area contributed by atoms with Crippen LogP contribution < -0.4 is 0 Å². The van der Waals surface area contributed by atoms with E-state index in [-0.39, 0.29) is 5.91 Å². The maximum Gasteiger partial charge on any atom is 0.259 e. The second-order valence-corrected chi connectivity index (χ2v) is 5.60. The standard InChI is InChI=1S/C17H16ClN3O2/c1-12-15(17(22)20(2)11-14-9-6-10-23-14)16(18)21(19-12)13-7-4-3-5-8-13/h3-10H,11H2,1-2H3. The summed E-state index contributed by atoms with van der Waals surface area (Å²) in [6.07, 6.45) is 1.58. The molecule has 0 unspecified atom stereocenters. The molecular formula is C17H16ClN3O2. The van der Waals surface area contributed by atoms with Crippen molar-refractivity contribution >= 4 is 17.5 Å². The average Bonchev–Trinajstić information content (AvgIpc) is 3.15. The second kappa shape index (κ2) is 6.30. The van der Waals surface area contributed by atoms with Gasteiger partial charge in [-0.05, 0) is 31.2 Å². The molecule has 0 spiro atoms. The summed E-state index contributed by atoms with van der Waals surface area (Å²) in [5, 5.41) is 4.70. The molecule has 3 aromatic rings. The highest BCUT2D eigenvalue weighted by molar-refractivity contribution is 6.33. The number of halogens is 1. The van der Waals surface area contributed by atoms with Crippen LogP contribution in [-0.4, -0.2) is 27.6 Å². The quantitative estimate of drug-likeness (QED) is 0.733. The van der Waals surface area contributed by atoms with Gasteiger partial charge in [0.2, 0.25) is 0 Å². The number of hydrogen-bond acceptors (Lipinski definition) is 3. The molecule has 2 aromatic heterocycles. The Morgan fingerprint density at radius 2 is 2.00 bits per heavy atom. The van der Waals surface area contributed by atoms with Gasteiger partial charge in [-0.15, -0.1) is 0 Å². The van der Waals surface area contributed by atoms with E-state index in [4.69, 9.17) is 16.0 Å². The van der Waals surface area contributed by atoms with Crippen molar-refractivity contribution in [3.8, 4) is 5.69 Å². The van der Waals surface area contributed by atoms with Gasteiger partial charge in [0.05, 0.1) is 29.8 Å². The number of amides is 1. The monoisotopic (exact) mass is 329 g/mol. The van der Waals surface area contributed by atoms with Crippen LogP contribution in [0.2, 0.25) is 5.15 Å². The molecule has 0 aliphatic heterocycles. The number of aryl methyl sites for hydroxylation is 1. The van der Waals surface area contributed by atoms with Gasteiger partial charge in [0.15, 0.2) is 0 Å². The van der Waals surface area contributed by atoms with Gasteiger partial charge >= 0.3 is 0 Å². The van der Waals surface area contributed by atoms with Gasteiger partial charge in [-0.2, -0.15) is 5.10 Å². The molecule has 0 aliphatic carbocycles. The van der Waals surface area contributed by atoms with Crippen molar-refractivity contribution in [3.05, 3.63) is 70.9 Å². The molecule has 0 bridgehead atoms. The maximum absolute atomic E-state index is 12.7. The summed E-state index contributed by atoms with van der Waals surface area (Å²) in [7, 11) is 1.71. The van der Waals surface area contributed by atoms with Gasteiger partial charge in [-0.1, -0.05) is 29.8 Å². The first kappa shape index (κ1) is 15.4. The zero-order valence-corrected chi connectivity index (χ0v) is 13.6. The lowest BCUT2D eigenvalue weighted by Crippen LogP contribution is -2.26. The number of nitrogens with zero attached hydrogens (tertiary/aromatic N) is 3. The Bertz CT molecular complexity index is 810. The topological polar surface area (TPSA) is 51.3 Å². The summed E-state index contributed by atoms with van der Waals surface area (Å²) in [6, 6.07) is 13.1. The molecule has 0 atom stereocenters. The molecule has 0 radical (unpaired) electrons. The fourth-order valence-corrected chi connectivity index (χ4v) is 2.73. The normalized spacial score (nSPS) is 10.7. The molecule has 2 heterocycles. The highest BCUT2D eigenvalue weighted by Crippen LogP contribution is 2.25. The van der Waals surface area contributed by atoms with Crippen LogP contribution in [-0.2, 0) is 6.54 Å². The molecular weight excluding hydrogens is 314 g/mol. The average molecular weight is 330 g/mol. The minimum absolute atomic E-state index is 0.189. The van der Waals surface area contributed by atoms with Crippen LogP contribution >= 0.6 is 11.6 Å². The third kappa shape index (κ3) is 3.00. The molecule has 5 nitrogen and oxygen atoms in total. The molecule has 1 aromatic carbocycles. The molecule has 6 heteroatoms. The van der Waals surface area contributed by atoms with Gasteiger partial charge in [0.1, 0.15) is 10.9 Å². The van der Waals surface area contributed by atoms with Crippen molar-refractivity contribution in [1.82, 2.24) is 14.7 Å². The van der Waals surface area contributed by atoms with Crippen LogP contribution in [0.3, 0.4) is 0 Å². The van der Waals surface area contributed by atoms with E-state index < -0.39 is 0 Å². The van der Waals surface area contributed by atoms with E-state index in [1.807, 2.05) is 36.4 Å². The number of aromatic nitrogens is 2. The van der Waals surface area contributed by atoms with Gasteiger partial charge in [-0.25, -0.2) is 4.68 Å². The molecule has 3 rings (SSSR count). The minimum Gasteiger partial charge on any atom is -0.467 e. The Labute approximate surface area is 139 Å². The Morgan fingerprint density at radius 3 is 2.65 bits per heavy atom. The van der Waals surface area contributed by atoms with Crippen molar-refractivity contribution < 1.29 is 9.21 Å². The first-order valence-electron chi connectivity index (χ1n) is 7.16. The number of carbonyl (C=O) groups is 1. The maximum atomic E-state index is 12.7. The number of benzene rings is 1. The van der Waals surface area contributed by atoms with E-state index in [1.54, 1.807) is 35.9 Å². The number of furan rings is 1. The third-order valence-electron chi connectivity index (χ3n) is 3.54. The Kier molecular flexibility index (Phi) is 4.21. The number of para-hydroxylation sites is 1. The van der Waals surface area contributed by atoms with Crippen LogP contribution in [0.4, 0.5) is 0 Å². The van der Waals surface area contributed by atoms with Crippen LogP contribution in [0.5, 0.6) is 0 Å². The predicted molar refractivity (Wildman–Crippen MR) is 87.8 cm³/mol. The molecule has 23 heavy (non-hydrogen) atoms. The third-order valence-corrected chi connectivity index (χ3v) is 3.89. The fourth-order valence-electron chi connectivity index (χ4n) is 2.38. The number of rotatable bonds is 4. The zero-order valence-electron chi connectivity index (χ0n) is 12.9. The van der Waals surface area contributed by atoms with Crippen LogP contribution in [0, 0.1) is 6.92 Å². The SMILES string of the molecule is Cc1nn(-c2ccccc2)c(Cl)c1C(=O)N(C)Cc1ccco1. The van der Waals surface area contributed by atoms with Crippen LogP contribution in [0.15, 0.2) is 53.1 Å². The van der Waals surface area contributed by atoms with Crippen molar-refractivity contribution in [2.75, 3.05) is 7.05 Å². The summed E-state index contributed by atoms with van der Waals surface area (Å²) < 4.78 is 6.85. The molecule has 0 saturated heterocycles. The van der Waals surface area contributed by atoms with Gasteiger partial charge in [0.25, 0.3) is 5.91 Å². The lowest BCUT2D eigenvalue weighted by Gasteiger charge is -2.15. The zero-order chi connectivity index (χ0) is 16.4. The van der Waals surface area contributed by atoms with Crippen molar-refractivity contribution in [2.45, 2.75) is 13.5 Å². The number of hydrogen-bond donors (Lipinski definition) is 0. The van der Waals surface area contributed by atoms with Crippen LogP contribution in [0.25, 0.3) is 5.69 Å². The summed E-state index contributed by atoms with van der Waals surface area (Å²) in [4.78, 5) is 14.3. The van der Waals surface area contributed by atoms with Crippen molar-refractivity contribution in [2.24, 2.45) is 0 Å². The van der Waals surface area contributed by atoms with E-state index in [0.29, 0.717) is 28.7 Å². The fraction of sp³-hybridized carbons (Fsp3) is 0.176. The largest absolute Gasteiger partial charge is 0.467 e. The Balaban J connectivity index is 1.91. The first-order chi connectivity index (χ1) is 11.1.